The summed E-state index contributed by atoms with van der Waals surface area (Å²) in [5, 5.41) is 2.52. The number of amides is 1. The van der Waals surface area contributed by atoms with E-state index in [1.54, 1.807) is 0 Å². The van der Waals surface area contributed by atoms with Crippen molar-refractivity contribution < 1.29 is 31.1 Å². The average molecular weight is 388 g/mol. The van der Waals surface area contributed by atoms with Crippen molar-refractivity contribution >= 4 is 27.3 Å². The average Bonchev–Trinajstić information content (AvgIpc) is 2.54. The van der Waals surface area contributed by atoms with Gasteiger partial charge in [-0.05, 0) is 48.5 Å². The third-order valence-electron chi connectivity index (χ3n) is 3.34. The summed E-state index contributed by atoms with van der Waals surface area (Å²) < 4.78 is 64.1. The van der Waals surface area contributed by atoms with E-state index in [2.05, 4.69) is 10.1 Å². The van der Waals surface area contributed by atoms with Crippen LogP contribution in [-0.2, 0) is 10.0 Å². The summed E-state index contributed by atoms with van der Waals surface area (Å²) in [5.41, 5.74) is 0.922. The van der Waals surface area contributed by atoms with Crippen molar-refractivity contribution in [2.24, 2.45) is 0 Å². The number of nitrogens with one attached hydrogen (secondary N) is 1. The fraction of sp³-hybridized carbons (Fsp3) is 0.188. The number of nitrogens with zero attached hydrogens (tertiary/aromatic N) is 1. The largest absolute Gasteiger partial charge is 0.573 e. The standard InChI is InChI=1S/C16H15F3N2O4S/c1-21(26(2,23)24)13-7-3-11(4-8-13)15(22)20-12-5-9-14(10-6-12)25-16(17,18)19/h3-10H,1-2H3,(H,20,22). The molecule has 6 nitrogen and oxygen atoms in total. The molecule has 0 aliphatic rings. The van der Waals surface area contributed by atoms with Gasteiger partial charge in [0.05, 0.1) is 11.9 Å². The van der Waals surface area contributed by atoms with Crippen LogP contribution in [0.4, 0.5) is 24.5 Å². The smallest absolute Gasteiger partial charge is 0.406 e. The maximum atomic E-state index is 12.2. The van der Waals surface area contributed by atoms with E-state index in [0.717, 1.165) is 22.7 Å². The lowest BCUT2D eigenvalue weighted by atomic mass is 10.2. The van der Waals surface area contributed by atoms with Crippen LogP contribution >= 0.6 is 0 Å². The second kappa shape index (κ2) is 7.24. The molecule has 10 heteroatoms. The van der Waals surface area contributed by atoms with Crippen LogP contribution in [0.3, 0.4) is 0 Å². The predicted molar refractivity (Wildman–Crippen MR) is 90.8 cm³/mol. The first-order chi connectivity index (χ1) is 12.0. The Morgan fingerprint density at radius 2 is 1.58 bits per heavy atom. The number of anilines is 2. The van der Waals surface area contributed by atoms with Crippen LogP contribution in [0, 0.1) is 0 Å². The Kier molecular flexibility index (Phi) is 5.45. The molecule has 2 aromatic carbocycles. The normalized spacial score (nSPS) is 11.7. The third kappa shape index (κ3) is 5.38. The second-order valence-electron chi connectivity index (χ2n) is 5.30. The van der Waals surface area contributed by atoms with Gasteiger partial charge in [-0.25, -0.2) is 8.42 Å². The van der Waals surface area contributed by atoms with E-state index in [4.69, 9.17) is 0 Å². The number of rotatable bonds is 5. The van der Waals surface area contributed by atoms with E-state index in [1.807, 2.05) is 0 Å². The van der Waals surface area contributed by atoms with E-state index in [0.29, 0.717) is 5.69 Å². The molecule has 0 heterocycles. The number of carbonyl (C=O) groups excluding carboxylic acids is 1. The summed E-state index contributed by atoms with van der Waals surface area (Å²) in [4.78, 5) is 12.2. The Bertz CT molecular complexity index is 879. The topological polar surface area (TPSA) is 75.7 Å². The number of carbonyl (C=O) groups is 1. The molecule has 0 bridgehead atoms. The minimum absolute atomic E-state index is 0.256. The third-order valence-corrected chi connectivity index (χ3v) is 4.54. The van der Waals surface area contributed by atoms with Crippen molar-refractivity contribution in [2.75, 3.05) is 22.9 Å². The molecular formula is C16H15F3N2O4S. The molecular weight excluding hydrogens is 373 g/mol. The summed E-state index contributed by atoms with van der Waals surface area (Å²) in [6.07, 6.45) is -3.73. The summed E-state index contributed by atoms with van der Waals surface area (Å²) in [6, 6.07) is 10.5. The number of halogens is 3. The van der Waals surface area contributed by atoms with Crippen LogP contribution in [0.15, 0.2) is 48.5 Å². The molecule has 0 radical (unpaired) electrons. The molecule has 0 fully saturated rings. The maximum absolute atomic E-state index is 12.2. The maximum Gasteiger partial charge on any atom is 0.573 e. The number of hydrogen-bond donors (Lipinski definition) is 1. The van der Waals surface area contributed by atoms with Crippen LogP contribution in [0.5, 0.6) is 5.75 Å². The Labute approximate surface area is 148 Å². The first-order valence-electron chi connectivity index (χ1n) is 7.17. The van der Waals surface area contributed by atoms with Gasteiger partial charge in [-0.15, -0.1) is 13.2 Å². The van der Waals surface area contributed by atoms with E-state index >= 15 is 0 Å². The predicted octanol–water partition coefficient (Wildman–Crippen LogP) is 3.23. The Balaban J connectivity index is 2.06. The van der Waals surface area contributed by atoms with Crippen LogP contribution in [0.2, 0.25) is 0 Å². The summed E-state index contributed by atoms with van der Waals surface area (Å²) in [5.74, 6) is -0.897. The Hall–Kier alpha value is -2.75. The highest BCUT2D eigenvalue weighted by atomic mass is 32.2. The fourth-order valence-corrected chi connectivity index (χ4v) is 2.46. The quantitative estimate of drug-likeness (QED) is 0.853. The minimum Gasteiger partial charge on any atom is -0.406 e. The lowest BCUT2D eigenvalue weighted by Crippen LogP contribution is -2.24. The highest BCUT2D eigenvalue weighted by Crippen LogP contribution is 2.24. The monoisotopic (exact) mass is 388 g/mol. The lowest BCUT2D eigenvalue weighted by molar-refractivity contribution is -0.274. The van der Waals surface area contributed by atoms with E-state index < -0.39 is 28.0 Å². The van der Waals surface area contributed by atoms with E-state index in [-0.39, 0.29) is 11.3 Å². The first-order valence-corrected chi connectivity index (χ1v) is 9.02. The van der Waals surface area contributed by atoms with Gasteiger partial charge in [-0.3, -0.25) is 9.10 Å². The van der Waals surface area contributed by atoms with Gasteiger partial charge >= 0.3 is 6.36 Å². The molecule has 0 unspecified atom stereocenters. The van der Waals surface area contributed by atoms with Gasteiger partial charge in [-0.1, -0.05) is 0 Å². The Morgan fingerprint density at radius 3 is 2.04 bits per heavy atom. The molecule has 26 heavy (non-hydrogen) atoms. The van der Waals surface area contributed by atoms with Crippen molar-refractivity contribution in [3.05, 3.63) is 54.1 Å². The zero-order chi connectivity index (χ0) is 19.5. The molecule has 1 amide bonds. The van der Waals surface area contributed by atoms with Gasteiger partial charge in [0.2, 0.25) is 10.0 Å². The second-order valence-corrected chi connectivity index (χ2v) is 7.32. The van der Waals surface area contributed by atoms with E-state index in [9.17, 15) is 26.4 Å². The zero-order valence-corrected chi connectivity index (χ0v) is 14.6. The van der Waals surface area contributed by atoms with Crippen molar-refractivity contribution in [1.82, 2.24) is 0 Å². The molecule has 140 valence electrons. The highest BCUT2D eigenvalue weighted by molar-refractivity contribution is 7.92. The van der Waals surface area contributed by atoms with Gasteiger partial charge in [0, 0.05) is 18.3 Å². The molecule has 2 rings (SSSR count). The first kappa shape index (κ1) is 19.6. The summed E-state index contributed by atoms with van der Waals surface area (Å²) in [6.45, 7) is 0. The molecule has 2 aromatic rings. The van der Waals surface area contributed by atoms with Gasteiger partial charge < -0.3 is 10.1 Å². The summed E-state index contributed by atoms with van der Waals surface area (Å²) in [7, 11) is -2.03. The number of benzene rings is 2. The number of hydrogen-bond acceptors (Lipinski definition) is 4. The van der Waals surface area contributed by atoms with Crippen molar-refractivity contribution in [3.8, 4) is 5.75 Å². The molecule has 0 atom stereocenters. The van der Waals surface area contributed by atoms with Gasteiger partial charge in [0.25, 0.3) is 5.91 Å². The number of sulfonamides is 1. The molecule has 1 N–H and O–H groups in total. The molecule has 0 saturated heterocycles. The van der Waals surface area contributed by atoms with Crippen LogP contribution < -0.4 is 14.4 Å². The van der Waals surface area contributed by atoms with Crippen molar-refractivity contribution in [1.29, 1.82) is 0 Å². The molecule has 0 aromatic heterocycles. The summed E-state index contributed by atoms with van der Waals surface area (Å²) >= 11 is 0. The van der Waals surface area contributed by atoms with Crippen molar-refractivity contribution in [2.45, 2.75) is 6.36 Å². The minimum atomic E-state index is -4.79. The van der Waals surface area contributed by atoms with Gasteiger partial charge in [-0.2, -0.15) is 0 Å². The van der Waals surface area contributed by atoms with E-state index in [1.165, 1.54) is 43.4 Å². The van der Waals surface area contributed by atoms with Gasteiger partial charge in [0.15, 0.2) is 0 Å². The van der Waals surface area contributed by atoms with Crippen LogP contribution in [0.1, 0.15) is 10.4 Å². The highest BCUT2D eigenvalue weighted by Gasteiger charge is 2.30. The van der Waals surface area contributed by atoms with Gasteiger partial charge in [0.1, 0.15) is 5.75 Å². The number of alkyl halides is 3. The lowest BCUT2D eigenvalue weighted by Gasteiger charge is -2.16. The fourth-order valence-electron chi connectivity index (χ4n) is 1.96. The number of ether oxygens (including phenoxy) is 1. The molecule has 0 aliphatic carbocycles. The van der Waals surface area contributed by atoms with Crippen LogP contribution in [0.25, 0.3) is 0 Å². The molecule has 0 spiro atoms. The van der Waals surface area contributed by atoms with Crippen LogP contribution in [-0.4, -0.2) is 34.0 Å². The molecule has 0 saturated carbocycles. The van der Waals surface area contributed by atoms with Crippen molar-refractivity contribution in [3.63, 3.8) is 0 Å². The zero-order valence-electron chi connectivity index (χ0n) is 13.7. The SMILES string of the molecule is CN(c1ccc(C(=O)Nc2ccc(OC(F)(F)F)cc2)cc1)S(C)(=O)=O. The Morgan fingerprint density at radius 1 is 1.04 bits per heavy atom. The molecule has 0 aliphatic heterocycles.